The van der Waals surface area contributed by atoms with Crippen LogP contribution in [0.3, 0.4) is 0 Å². The molecule has 0 heterocycles. The van der Waals surface area contributed by atoms with Crippen LogP contribution in [0, 0.1) is 11.6 Å². The van der Waals surface area contributed by atoms with Gasteiger partial charge in [0.15, 0.2) is 0 Å². The van der Waals surface area contributed by atoms with Gasteiger partial charge in [-0.15, -0.1) is 0 Å². The van der Waals surface area contributed by atoms with Gasteiger partial charge in [-0.25, -0.2) is 13.6 Å². The SMILES string of the molecule is CC(C)(C)OC(=O)N(CCCO)CCc1ccc(F)cc1F. The molecule has 0 saturated heterocycles. The summed E-state index contributed by atoms with van der Waals surface area (Å²) in [6, 6.07) is 3.37. The molecule has 0 aliphatic rings. The Morgan fingerprint density at radius 2 is 1.95 bits per heavy atom. The number of benzene rings is 1. The van der Waals surface area contributed by atoms with Gasteiger partial charge in [-0.1, -0.05) is 6.07 Å². The summed E-state index contributed by atoms with van der Waals surface area (Å²) in [6.07, 6.45) is 0.144. The molecule has 1 rings (SSSR count). The summed E-state index contributed by atoms with van der Waals surface area (Å²) >= 11 is 0. The van der Waals surface area contributed by atoms with E-state index in [1.807, 2.05) is 0 Å². The lowest BCUT2D eigenvalue weighted by atomic mass is 10.1. The molecule has 0 fully saturated rings. The first-order chi connectivity index (χ1) is 10.2. The van der Waals surface area contributed by atoms with E-state index in [0.717, 1.165) is 6.07 Å². The molecule has 1 amide bonds. The molecule has 1 aromatic carbocycles. The molecule has 1 N–H and O–H groups in total. The monoisotopic (exact) mass is 315 g/mol. The normalized spacial score (nSPS) is 11.4. The summed E-state index contributed by atoms with van der Waals surface area (Å²) in [5.74, 6) is -1.27. The summed E-state index contributed by atoms with van der Waals surface area (Å²) < 4.78 is 31.8. The van der Waals surface area contributed by atoms with E-state index in [9.17, 15) is 13.6 Å². The van der Waals surface area contributed by atoms with Crippen molar-refractivity contribution in [1.29, 1.82) is 0 Å². The summed E-state index contributed by atoms with van der Waals surface area (Å²) in [4.78, 5) is 13.5. The minimum absolute atomic E-state index is 0.0514. The third-order valence-corrected chi connectivity index (χ3v) is 2.90. The molecule has 0 spiro atoms. The van der Waals surface area contributed by atoms with E-state index >= 15 is 0 Å². The standard InChI is InChI=1S/C16H23F2NO3/c1-16(2,3)22-15(21)19(8-4-10-20)9-7-12-5-6-13(17)11-14(12)18/h5-6,11,20H,4,7-10H2,1-3H3. The minimum Gasteiger partial charge on any atom is -0.444 e. The van der Waals surface area contributed by atoms with Crippen LogP contribution in [0.5, 0.6) is 0 Å². The van der Waals surface area contributed by atoms with Gasteiger partial charge in [-0.2, -0.15) is 0 Å². The fourth-order valence-corrected chi connectivity index (χ4v) is 1.86. The molecular formula is C16H23F2NO3. The fraction of sp³-hybridized carbons (Fsp3) is 0.562. The van der Waals surface area contributed by atoms with E-state index in [-0.39, 0.29) is 19.6 Å². The summed E-state index contributed by atoms with van der Waals surface area (Å²) in [5, 5.41) is 8.91. The first-order valence-corrected chi connectivity index (χ1v) is 7.25. The molecule has 0 bridgehead atoms. The van der Waals surface area contributed by atoms with Crippen molar-refractivity contribution in [2.24, 2.45) is 0 Å². The van der Waals surface area contributed by atoms with Crippen molar-refractivity contribution in [3.63, 3.8) is 0 Å². The Labute approximate surface area is 129 Å². The van der Waals surface area contributed by atoms with Crippen LogP contribution in [0.1, 0.15) is 32.8 Å². The third kappa shape index (κ3) is 6.39. The Bertz CT molecular complexity index is 501. The number of halogens is 2. The topological polar surface area (TPSA) is 49.8 Å². The Morgan fingerprint density at radius 1 is 1.27 bits per heavy atom. The zero-order valence-electron chi connectivity index (χ0n) is 13.2. The number of amides is 1. The quantitative estimate of drug-likeness (QED) is 0.877. The lowest BCUT2D eigenvalue weighted by Gasteiger charge is -2.27. The van der Waals surface area contributed by atoms with Crippen LogP contribution in [0.15, 0.2) is 18.2 Å². The van der Waals surface area contributed by atoms with Crippen molar-refractivity contribution in [1.82, 2.24) is 4.90 Å². The van der Waals surface area contributed by atoms with Crippen LogP contribution in [0.25, 0.3) is 0 Å². The molecule has 22 heavy (non-hydrogen) atoms. The lowest BCUT2D eigenvalue weighted by Crippen LogP contribution is -2.39. The number of carbonyl (C=O) groups excluding carboxylic acids is 1. The maximum absolute atomic E-state index is 13.6. The van der Waals surface area contributed by atoms with Gasteiger partial charge in [0, 0.05) is 25.8 Å². The van der Waals surface area contributed by atoms with Gasteiger partial charge in [0.05, 0.1) is 0 Å². The Balaban J connectivity index is 2.70. The van der Waals surface area contributed by atoms with Crippen LogP contribution in [0.2, 0.25) is 0 Å². The average Bonchev–Trinajstić information content (AvgIpc) is 2.38. The molecule has 6 heteroatoms. The first kappa shape index (κ1) is 18.4. The van der Waals surface area contributed by atoms with Crippen molar-refractivity contribution < 1.29 is 23.4 Å². The number of hydrogen-bond acceptors (Lipinski definition) is 3. The number of ether oxygens (including phenoxy) is 1. The molecule has 0 aliphatic heterocycles. The van der Waals surface area contributed by atoms with Gasteiger partial charge < -0.3 is 14.7 Å². The maximum atomic E-state index is 13.6. The third-order valence-electron chi connectivity index (χ3n) is 2.90. The smallest absolute Gasteiger partial charge is 0.410 e. The van der Waals surface area contributed by atoms with Crippen molar-refractivity contribution >= 4 is 6.09 Å². The number of carbonyl (C=O) groups is 1. The highest BCUT2D eigenvalue weighted by Crippen LogP contribution is 2.13. The van der Waals surface area contributed by atoms with Crippen molar-refractivity contribution in [2.75, 3.05) is 19.7 Å². The van der Waals surface area contributed by atoms with Crippen LogP contribution >= 0.6 is 0 Å². The van der Waals surface area contributed by atoms with E-state index in [1.165, 1.54) is 17.0 Å². The highest BCUT2D eigenvalue weighted by atomic mass is 19.1. The average molecular weight is 315 g/mol. The van der Waals surface area contributed by atoms with Gasteiger partial charge in [-0.3, -0.25) is 0 Å². The predicted octanol–water partition coefficient (Wildman–Crippen LogP) is 3.13. The zero-order valence-corrected chi connectivity index (χ0v) is 13.2. The number of hydrogen-bond donors (Lipinski definition) is 1. The van der Waals surface area contributed by atoms with E-state index in [0.29, 0.717) is 18.5 Å². The lowest BCUT2D eigenvalue weighted by molar-refractivity contribution is 0.0242. The molecule has 0 saturated carbocycles. The minimum atomic E-state index is -0.634. The second-order valence-corrected chi connectivity index (χ2v) is 6.03. The zero-order chi connectivity index (χ0) is 16.8. The number of aliphatic hydroxyl groups excluding tert-OH is 1. The fourth-order valence-electron chi connectivity index (χ4n) is 1.86. The van der Waals surface area contributed by atoms with E-state index in [2.05, 4.69) is 0 Å². The number of aliphatic hydroxyl groups is 1. The van der Waals surface area contributed by atoms with E-state index in [4.69, 9.17) is 9.84 Å². The number of nitrogens with zero attached hydrogens (tertiary/aromatic N) is 1. The molecular weight excluding hydrogens is 292 g/mol. The van der Waals surface area contributed by atoms with Gasteiger partial charge >= 0.3 is 6.09 Å². The van der Waals surface area contributed by atoms with Gasteiger partial charge in [-0.05, 0) is 45.2 Å². The molecule has 4 nitrogen and oxygen atoms in total. The molecule has 1 aromatic rings. The van der Waals surface area contributed by atoms with E-state index in [1.54, 1.807) is 20.8 Å². The van der Waals surface area contributed by atoms with Gasteiger partial charge in [0.1, 0.15) is 17.2 Å². The first-order valence-electron chi connectivity index (χ1n) is 7.25. The van der Waals surface area contributed by atoms with Crippen molar-refractivity contribution in [3.05, 3.63) is 35.4 Å². The second kappa shape index (κ2) is 8.08. The van der Waals surface area contributed by atoms with Crippen LogP contribution < -0.4 is 0 Å². The van der Waals surface area contributed by atoms with Crippen molar-refractivity contribution in [2.45, 2.75) is 39.2 Å². The molecule has 124 valence electrons. The summed E-state index contributed by atoms with van der Waals surface area (Å²) in [5.41, 5.74) is -0.297. The maximum Gasteiger partial charge on any atom is 0.410 e. The largest absolute Gasteiger partial charge is 0.444 e. The molecule has 0 aromatic heterocycles. The number of rotatable bonds is 6. The highest BCUT2D eigenvalue weighted by Gasteiger charge is 2.22. The Kier molecular flexibility index (Phi) is 6.74. The molecule has 0 unspecified atom stereocenters. The molecule has 0 atom stereocenters. The van der Waals surface area contributed by atoms with Crippen LogP contribution in [-0.2, 0) is 11.2 Å². The molecule has 0 aliphatic carbocycles. The van der Waals surface area contributed by atoms with E-state index < -0.39 is 23.3 Å². The Hall–Kier alpha value is -1.69. The van der Waals surface area contributed by atoms with Crippen LogP contribution in [0.4, 0.5) is 13.6 Å². The summed E-state index contributed by atoms with van der Waals surface area (Å²) in [6.45, 7) is 5.77. The predicted molar refractivity (Wildman–Crippen MR) is 79.6 cm³/mol. The summed E-state index contributed by atoms with van der Waals surface area (Å²) in [7, 11) is 0. The highest BCUT2D eigenvalue weighted by molar-refractivity contribution is 5.68. The van der Waals surface area contributed by atoms with Gasteiger partial charge in [0.25, 0.3) is 0 Å². The van der Waals surface area contributed by atoms with Gasteiger partial charge in [0.2, 0.25) is 0 Å². The Morgan fingerprint density at radius 3 is 2.50 bits per heavy atom. The molecule has 0 radical (unpaired) electrons. The second-order valence-electron chi connectivity index (χ2n) is 6.03. The van der Waals surface area contributed by atoms with Crippen LogP contribution in [-0.4, -0.2) is 41.4 Å². The van der Waals surface area contributed by atoms with Crippen molar-refractivity contribution in [3.8, 4) is 0 Å².